The van der Waals surface area contributed by atoms with E-state index in [1.54, 1.807) is 0 Å². The van der Waals surface area contributed by atoms with Crippen molar-refractivity contribution in [1.82, 2.24) is 9.80 Å². The SMILES string of the molecule is CCN(CC(=O)O)C(=O)N1CCCC2CCCCC21. The number of urea groups is 1. The highest BCUT2D eigenvalue weighted by Gasteiger charge is 2.37. The van der Waals surface area contributed by atoms with Gasteiger partial charge in [0.15, 0.2) is 0 Å². The van der Waals surface area contributed by atoms with Gasteiger partial charge in [0, 0.05) is 19.1 Å². The Kier molecular flexibility index (Phi) is 4.66. The van der Waals surface area contributed by atoms with Crippen LogP contribution in [0, 0.1) is 5.92 Å². The van der Waals surface area contributed by atoms with Crippen molar-refractivity contribution >= 4 is 12.0 Å². The third-order valence-corrected chi connectivity index (χ3v) is 4.47. The number of likely N-dealkylation sites (N-methyl/N-ethyl adjacent to an activating group) is 1. The summed E-state index contributed by atoms with van der Waals surface area (Å²) < 4.78 is 0. The van der Waals surface area contributed by atoms with Gasteiger partial charge in [0.1, 0.15) is 6.54 Å². The molecule has 19 heavy (non-hydrogen) atoms. The van der Waals surface area contributed by atoms with Gasteiger partial charge in [0.05, 0.1) is 0 Å². The summed E-state index contributed by atoms with van der Waals surface area (Å²) in [6.45, 7) is 2.89. The molecule has 0 aromatic carbocycles. The molecule has 2 fully saturated rings. The van der Waals surface area contributed by atoms with E-state index in [0.717, 1.165) is 19.4 Å². The lowest BCUT2D eigenvalue weighted by atomic mass is 9.78. The van der Waals surface area contributed by atoms with Crippen molar-refractivity contribution in [2.75, 3.05) is 19.6 Å². The van der Waals surface area contributed by atoms with Crippen molar-refractivity contribution in [1.29, 1.82) is 0 Å². The van der Waals surface area contributed by atoms with Gasteiger partial charge in [-0.2, -0.15) is 0 Å². The molecule has 5 heteroatoms. The molecule has 2 amide bonds. The van der Waals surface area contributed by atoms with Crippen LogP contribution in [0.5, 0.6) is 0 Å². The standard InChI is InChI=1S/C14H24N2O3/c1-2-15(10-13(17)18)14(19)16-9-5-7-11-6-3-4-8-12(11)16/h11-12H,2-10H2,1H3,(H,17,18). The number of nitrogens with zero attached hydrogens (tertiary/aromatic N) is 2. The van der Waals surface area contributed by atoms with Gasteiger partial charge in [-0.1, -0.05) is 12.8 Å². The number of hydrogen-bond acceptors (Lipinski definition) is 2. The summed E-state index contributed by atoms with van der Waals surface area (Å²) in [6, 6.07) is 0.263. The molecule has 1 saturated heterocycles. The normalized spacial score (nSPS) is 26.7. The molecule has 108 valence electrons. The minimum Gasteiger partial charge on any atom is -0.480 e. The predicted octanol–water partition coefficient (Wildman–Crippen LogP) is 2.17. The first kappa shape index (κ1) is 14.2. The smallest absolute Gasteiger partial charge is 0.323 e. The Balaban J connectivity index is 2.05. The van der Waals surface area contributed by atoms with E-state index in [9.17, 15) is 9.59 Å². The Labute approximate surface area is 114 Å². The number of piperidine rings is 1. The Bertz CT molecular complexity index is 344. The Morgan fingerprint density at radius 1 is 1.21 bits per heavy atom. The zero-order valence-electron chi connectivity index (χ0n) is 11.7. The number of carboxylic acid groups (broad SMARTS) is 1. The van der Waals surface area contributed by atoms with Crippen LogP contribution in [0.3, 0.4) is 0 Å². The van der Waals surface area contributed by atoms with Gasteiger partial charge in [-0.15, -0.1) is 0 Å². The maximum atomic E-state index is 12.5. The molecule has 1 heterocycles. The average Bonchev–Trinajstić information content (AvgIpc) is 2.43. The maximum absolute atomic E-state index is 12.5. The third-order valence-electron chi connectivity index (χ3n) is 4.47. The first-order chi connectivity index (χ1) is 9.13. The third kappa shape index (κ3) is 3.19. The lowest BCUT2D eigenvalue weighted by Gasteiger charge is -2.45. The largest absolute Gasteiger partial charge is 0.480 e. The van der Waals surface area contributed by atoms with Gasteiger partial charge in [-0.3, -0.25) is 4.79 Å². The minimum absolute atomic E-state index is 0.0819. The number of likely N-dealkylation sites (tertiary alicyclic amines) is 1. The molecule has 0 aromatic rings. The molecule has 2 atom stereocenters. The summed E-state index contributed by atoms with van der Waals surface area (Å²) in [7, 11) is 0. The summed E-state index contributed by atoms with van der Waals surface area (Å²) >= 11 is 0. The number of rotatable bonds is 3. The van der Waals surface area contributed by atoms with Crippen LogP contribution in [-0.2, 0) is 4.79 Å². The fraction of sp³-hybridized carbons (Fsp3) is 0.857. The molecule has 1 N–H and O–H groups in total. The predicted molar refractivity (Wildman–Crippen MR) is 72.0 cm³/mol. The summed E-state index contributed by atoms with van der Waals surface area (Å²) in [5, 5.41) is 8.88. The minimum atomic E-state index is -0.938. The molecule has 5 nitrogen and oxygen atoms in total. The van der Waals surface area contributed by atoms with Crippen LogP contribution in [0.25, 0.3) is 0 Å². The zero-order chi connectivity index (χ0) is 13.8. The molecule has 2 unspecified atom stereocenters. The first-order valence-corrected chi connectivity index (χ1v) is 7.40. The molecule has 2 rings (SSSR count). The van der Waals surface area contributed by atoms with Crippen LogP contribution in [0.4, 0.5) is 4.79 Å². The van der Waals surface area contributed by atoms with E-state index in [2.05, 4.69) is 0 Å². The van der Waals surface area contributed by atoms with Crippen LogP contribution in [0.2, 0.25) is 0 Å². The highest BCUT2D eigenvalue weighted by molar-refractivity contribution is 5.80. The van der Waals surface area contributed by atoms with Gasteiger partial charge in [0.2, 0.25) is 0 Å². The number of aliphatic carboxylic acids is 1. The summed E-state index contributed by atoms with van der Waals surface area (Å²) in [4.78, 5) is 26.7. The second kappa shape index (κ2) is 6.26. The molecular weight excluding hydrogens is 244 g/mol. The van der Waals surface area contributed by atoms with E-state index in [-0.39, 0.29) is 12.6 Å². The Morgan fingerprint density at radius 2 is 1.89 bits per heavy atom. The van der Waals surface area contributed by atoms with Gasteiger partial charge in [0.25, 0.3) is 0 Å². The number of carbonyl (C=O) groups is 2. The molecule has 1 saturated carbocycles. The van der Waals surface area contributed by atoms with Crippen LogP contribution in [0.15, 0.2) is 0 Å². The first-order valence-electron chi connectivity index (χ1n) is 7.40. The molecular formula is C14H24N2O3. The van der Waals surface area contributed by atoms with Crippen molar-refractivity contribution in [2.24, 2.45) is 5.92 Å². The van der Waals surface area contributed by atoms with E-state index in [0.29, 0.717) is 18.5 Å². The molecule has 0 radical (unpaired) electrons. The molecule has 1 aliphatic heterocycles. The topological polar surface area (TPSA) is 60.9 Å². The van der Waals surface area contributed by atoms with Gasteiger partial charge in [-0.05, 0) is 38.5 Å². The molecule has 2 aliphatic rings. The fourth-order valence-corrected chi connectivity index (χ4v) is 3.52. The monoisotopic (exact) mass is 268 g/mol. The number of hydrogen-bond donors (Lipinski definition) is 1. The molecule has 0 aromatic heterocycles. The highest BCUT2D eigenvalue weighted by atomic mass is 16.4. The van der Waals surface area contributed by atoms with Crippen molar-refractivity contribution < 1.29 is 14.7 Å². The van der Waals surface area contributed by atoms with Crippen LogP contribution in [-0.4, -0.2) is 52.6 Å². The summed E-state index contributed by atoms with van der Waals surface area (Å²) in [5.74, 6) is -0.303. The summed E-state index contributed by atoms with van der Waals surface area (Å²) in [6.07, 6.45) is 7.05. The Hall–Kier alpha value is -1.26. The highest BCUT2D eigenvalue weighted by Crippen LogP contribution is 2.35. The molecule has 0 bridgehead atoms. The maximum Gasteiger partial charge on any atom is 0.323 e. The van der Waals surface area contributed by atoms with Crippen molar-refractivity contribution in [3.63, 3.8) is 0 Å². The van der Waals surface area contributed by atoms with Crippen molar-refractivity contribution in [2.45, 2.75) is 51.5 Å². The van der Waals surface area contributed by atoms with E-state index in [1.807, 2.05) is 11.8 Å². The average molecular weight is 268 g/mol. The second-order valence-corrected chi connectivity index (χ2v) is 5.64. The van der Waals surface area contributed by atoms with Gasteiger partial charge in [-0.25, -0.2) is 4.79 Å². The lowest BCUT2D eigenvalue weighted by Crippen LogP contribution is -2.54. The lowest BCUT2D eigenvalue weighted by molar-refractivity contribution is -0.137. The number of carboxylic acids is 1. The van der Waals surface area contributed by atoms with E-state index >= 15 is 0 Å². The second-order valence-electron chi connectivity index (χ2n) is 5.64. The van der Waals surface area contributed by atoms with Crippen molar-refractivity contribution in [3.8, 4) is 0 Å². The van der Waals surface area contributed by atoms with E-state index in [1.165, 1.54) is 30.6 Å². The quantitative estimate of drug-likeness (QED) is 0.853. The van der Waals surface area contributed by atoms with Crippen LogP contribution in [0.1, 0.15) is 45.4 Å². The number of amides is 2. The van der Waals surface area contributed by atoms with Gasteiger partial charge >= 0.3 is 12.0 Å². The Morgan fingerprint density at radius 3 is 2.58 bits per heavy atom. The van der Waals surface area contributed by atoms with Crippen LogP contribution >= 0.6 is 0 Å². The number of carbonyl (C=O) groups excluding carboxylic acids is 1. The molecule has 0 spiro atoms. The fourth-order valence-electron chi connectivity index (χ4n) is 3.52. The zero-order valence-corrected chi connectivity index (χ0v) is 11.7. The van der Waals surface area contributed by atoms with Crippen molar-refractivity contribution in [3.05, 3.63) is 0 Å². The van der Waals surface area contributed by atoms with Crippen LogP contribution < -0.4 is 0 Å². The number of fused-ring (bicyclic) bond motifs is 1. The van der Waals surface area contributed by atoms with E-state index in [4.69, 9.17) is 5.11 Å². The van der Waals surface area contributed by atoms with Gasteiger partial charge < -0.3 is 14.9 Å². The summed E-state index contributed by atoms with van der Waals surface area (Å²) in [5.41, 5.74) is 0. The van der Waals surface area contributed by atoms with E-state index < -0.39 is 5.97 Å². The molecule has 1 aliphatic carbocycles.